The molecule has 1 aliphatic heterocycles. The van der Waals surface area contributed by atoms with Crippen molar-refractivity contribution >= 4 is 11.7 Å². The van der Waals surface area contributed by atoms with Crippen molar-refractivity contribution in [3.8, 4) is 0 Å². The number of hydrogen-bond donors (Lipinski definition) is 0. The molecular weight excluding hydrogens is 178 g/mol. The highest BCUT2D eigenvalue weighted by molar-refractivity contribution is 5.82. The largest absolute Gasteiger partial charge is 0.346 e. The number of amides is 1. The fourth-order valence-electron chi connectivity index (χ4n) is 1.49. The molecule has 1 saturated heterocycles. The van der Waals surface area contributed by atoms with Crippen LogP contribution in [0.25, 0.3) is 0 Å². The van der Waals surface area contributed by atoms with Gasteiger partial charge in [0.05, 0.1) is 6.54 Å². The van der Waals surface area contributed by atoms with Crippen LogP contribution < -0.4 is 4.90 Å². The monoisotopic (exact) mass is 191 g/mol. The zero-order chi connectivity index (χ0) is 9.97. The second-order valence-electron chi connectivity index (χ2n) is 3.42. The highest BCUT2D eigenvalue weighted by Gasteiger charge is 2.21. The standard InChI is InChI=1S/C10H13N3O/c1-12-6-7-13(8-10(12)14)9-4-2-3-5-11-9/h2-5H,6-8H2,1H3. The topological polar surface area (TPSA) is 36.4 Å². The fourth-order valence-corrected chi connectivity index (χ4v) is 1.49. The van der Waals surface area contributed by atoms with E-state index in [-0.39, 0.29) is 5.91 Å². The molecular formula is C10H13N3O. The molecule has 1 fully saturated rings. The second-order valence-corrected chi connectivity index (χ2v) is 3.42. The molecule has 0 aromatic carbocycles. The van der Waals surface area contributed by atoms with Gasteiger partial charge in [-0.1, -0.05) is 6.07 Å². The zero-order valence-corrected chi connectivity index (χ0v) is 8.18. The van der Waals surface area contributed by atoms with Gasteiger partial charge in [-0.25, -0.2) is 4.98 Å². The van der Waals surface area contributed by atoms with Gasteiger partial charge in [-0.15, -0.1) is 0 Å². The third-order valence-corrected chi connectivity index (χ3v) is 2.43. The van der Waals surface area contributed by atoms with Crippen LogP contribution >= 0.6 is 0 Å². The number of aromatic nitrogens is 1. The van der Waals surface area contributed by atoms with Crippen molar-refractivity contribution in [1.82, 2.24) is 9.88 Å². The third-order valence-electron chi connectivity index (χ3n) is 2.43. The van der Waals surface area contributed by atoms with Gasteiger partial charge in [-0.3, -0.25) is 4.79 Å². The van der Waals surface area contributed by atoms with Crippen LogP contribution in [-0.4, -0.2) is 42.5 Å². The Bertz CT molecular complexity index is 325. The summed E-state index contributed by atoms with van der Waals surface area (Å²) in [6.45, 7) is 2.07. The number of piperazine rings is 1. The van der Waals surface area contributed by atoms with Crippen LogP contribution in [0.1, 0.15) is 0 Å². The summed E-state index contributed by atoms with van der Waals surface area (Å²) in [6.07, 6.45) is 1.75. The summed E-state index contributed by atoms with van der Waals surface area (Å²) in [7, 11) is 1.83. The maximum atomic E-state index is 11.4. The Morgan fingerprint density at radius 3 is 2.86 bits per heavy atom. The third kappa shape index (κ3) is 1.69. The molecule has 1 aromatic rings. The minimum absolute atomic E-state index is 0.155. The molecule has 0 saturated carbocycles. The highest BCUT2D eigenvalue weighted by Crippen LogP contribution is 2.11. The number of hydrogen-bond acceptors (Lipinski definition) is 3. The Kier molecular flexibility index (Phi) is 2.35. The Balaban J connectivity index is 2.11. The average molecular weight is 191 g/mol. The van der Waals surface area contributed by atoms with Crippen LogP contribution in [0.15, 0.2) is 24.4 Å². The molecule has 14 heavy (non-hydrogen) atoms. The summed E-state index contributed by atoms with van der Waals surface area (Å²) in [5.41, 5.74) is 0. The summed E-state index contributed by atoms with van der Waals surface area (Å²) in [4.78, 5) is 19.4. The van der Waals surface area contributed by atoms with E-state index in [1.807, 2.05) is 30.1 Å². The van der Waals surface area contributed by atoms with Crippen molar-refractivity contribution in [2.24, 2.45) is 0 Å². The molecule has 2 rings (SSSR count). The van der Waals surface area contributed by atoms with E-state index in [1.165, 1.54) is 0 Å². The number of anilines is 1. The zero-order valence-electron chi connectivity index (χ0n) is 8.18. The lowest BCUT2D eigenvalue weighted by atomic mass is 10.3. The molecule has 0 aliphatic carbocycles. The van der Waals surface area contributed by atoms with Crippen molar-refractivity contribution in [2.45, 2.75) is 0 Å². The molecule has 1 aromatic heterocycles. The van der Waals surface area contributed by atoms with E-state index >= 15 is 0 Å². The lowest BCUT2D eigenvalue weighted by molar-refractivity contribution is -0.129. The number of nitrogens with zero attached hydrogens (tertiary/aromatic N) is 3. The molecule has 0 radical (unpaired) electrons. The average Bonchev–Trinajstić information content (AvgIpc) is 2.23. The fraction of sp³-hybridized carbons (Fsp3) is 0.400. The van der Waals surface area contributed by atoms with Gasteiger partial charge in [0, 0.05) is 26.3 Å². The molecule has 1 amide bonds. The lowest BCUT2D eigenvalue weighted by Crippen LogP contribution is -2.48. The Morgan fingerprint density at radius 1 is 1.36 bits per heavy atom. The van der Waals surface area contributed by atoms with Crippen LogP contribution in [0, 0.1) is 0 Å². The summed E-state index contributed by atoms with van der Waals surface area (Å²) < 4.78 is 0. The summed E-state index contributed by atoms with van der Waals surface area (Å²) in [5.74, 6) is 1.04. The minimum atomic E-state index is 0.155. The number of carbonyl (C=O) groups is 1. The number of rotatable bonds is 1. The number of pyridine rings is 1. The van der Waals surface area contributed by atoms with Gasteiger partial charge in [0.25, 0.3) is 0 Å². The van der Waals surface area contributed by atoms with Crippen molar-refractivity contribution in [2.75, 3.05) is 31.6 Å². The van der Waals surface area contributed by atoms with Crippen molar-refractivity contribution in [1.29, 1.82) is 0 Å². The normalized spacial score (nSPS) is 17.4. The SMILES string of the molecule is CN1CCN(c2ccccn2)CC1=O. The number of carbonyl (C=O) groups excluding carboxylic acids is 1. The smallest absolute Gasteiger partial charge is 0.241 e. The van der Waals surface area contributed by atoms with Crippen molar-refractivity contribution < 1.29 is 4.79 Å². The van der Waals surface area contributed by atoms with Crippen molar-refractivity contribution in [3.05, 3.63) is 24.4 Å². The molecule has 74 valence electrons. The Labute approximate surface area is 83.2 Å². The van der Waals surface area contributed by atoms with Crippen LogP contribution in [0.5, 0.6) is 0 Å². The van der Waals surface area contributed by atoms with Crippen LogP contribution in [0.4, 0.5) is 5.82 Å². The van der Waals surface area contributed by atoms with E-state index < -0.39 is 0 Å². The number of likely N-dealkylation sites (N-methyl/N-ethyl adjacent to an activating group) is 1. The predicted octanol–water partition coefficient (Wildman–Crippen LogP) is 0.360. The Hall–Kier alpha value is -1.58. The van der Waals surface area contributed by atoms with Crippen molar-refractivity contribution in [3.63, 3.8) is 0 Å². The van der Waals surface area contributed by atoms with E-state index in [2.05, 4.69) is 4.98 Å². The van der Waals surface area contributed by atoms with Crippen LogP contribution in [-0.2, 0) is 4.79 Å². The minimum Gasteiger partial charge on any atom is -0.346 e. The maximum absolute atomic E-state index is 11.4. The van der Waals surface area contributed by atoms with Gasteiger partial charge >= 0.3 is 0 Å². The highest BCUT2D eigenvalue weighted by atomic mass is 16.2. The Morgan fingerprint density at radius 2 is 2.21 bits per heavy atom. The molecule has 0 spiro atoms. The molecule has 2 heterocycles. The first kappa shape index (κ1) is 8.99. The molecule has 0 atom stereocenters. The molecule has 0 N–H and O–H groups in total. The molecule has 1 aliphatic rings. The maximum Gasteiger partial charge on any atom is 0.241 e. The summed E-state index contributed by atoms with van der Waals surface area (Å²) >= 11 is 0. The summed E-state index contributed by atoms with van der Waals surface area (Å²) in [5, 5.41) is 0. The van der Waals surface area contributed by atoms with Crippen LogP contribution in [0.2, 0.25) is 0 Å². The molecule has 0 bridgehead atoms. The van der Waals surface area contributed by atoms with Gasteiger partial charge < -0.3 is 9.80 Å². The first-order valence-corrected chi connectivity index (χ1v) is 4.67. The van der Waals surface area contributed by atoms with E-state index in [0.29, 0.717) is 6.54 Å². The van der Waals surface area contributed by atoms with Gasteiger partial charge in [-0.2, -0.15) is 0 Å². The molecule has 4 nitrogen and oxygen atoms in total. The predicted molar refractivity (Wildman–Crippen MR) is 54.1 cm³/mol. The van der Waals surface area contributed by atoms with Gasteiger partial charge in [0.1, 0.15) is 5.82 Å². The van der Waals surface area contributed by atoms with Gasteiger partial charge in [0.15, 0.2) is 0 Å². The summed E-state index contributed by atoms with van der Waals surface area (Å²) in [6, 6.07) is 5.74. The van der Waals surface area contributed by atoms with E-state index in [1.54, 1.807) is 11.1 Å². The van der Waals surface area contributed by atoms with E-state index in [9.17, 15) is 4.79 Å². The first-order chi connectivity index (χ1) is 6.77. The molecule has 0 unspecified atom stereocenters. The quantitative estimate of drug-likeness (QED) is 0.643. The first-order valence-electron chi connectivity index (χ1n) is 4.67. The van der Waals surface area contributed by atoms with Gasteiger partial charge in [0.2, 0.25) is 5.91 Å². The second kappa shape index (κ2) is 3.65. The van der Waals surface area contributed by atoms with Crippen LogP contribution in [0.3, 0.4) is 0 Å². The van der Waals surface area contributed by atoms with E-state index in [4.69, 9.17) is 0 Å². The lowest BCUT2D eigenvalue weighted by Gasteiger charge is -2.32. The molecule has 4 heteroatoms. The van der Waals surface area contributed by atoms with Gasteiger partial charge in [-0.05, 0) is 12.1 Å². The van der Waals surface area contributed by atoms with E-state index in [0.717, 1.165) is 18.9 Å².